The van der Waals surface area contributed by atoms with Gasteiger partial charge in [-0.25, -0.2) is 4.98 Å². The number of amides is 1. The lowest BCUT2D eigenvalue weighted by Gasteiger charge is -2.27. The molecule has 1 heterocycles. The molecule has 5 nitrogen and oxygen atoms in total. The summed E-state index contributed by atoms with van der Waals surface area (Å²) in [4.78, 5) is 21.0. The van der Waals surface area contributed by atoms with E-state index in [1.807, 2.05) is 32.0 Å². The molecule has 0 bridgehead atoms. The van der Waals surface area contributed by atoms with Gasteiger partial charge in [0.2, 0.25) is 5.91 Å². The van der Waals surface area contributed by atoms with Crippen LogP contribution in [0.4, 0.5) is 11.5 Å². The first-order valence-corrected chi connectivity index (χ1v) is 9.60. The molecule has 0 aliphatic heterocycles. The van der Waals surface area contributed by atoms with Crippen LogP contribution < -0.4 is 9.80 Å². The van der Waals surface area contributed by atoms with Gasteiger partial charge in [0, 0.05) is 31.6 Å². The summed E-state index contributed by atoms with van der Waals surface area (Å²) < 4.78 is 0. The van der Waals surface area contributed by atoms with Gasteiger partial charge in [-0.2, -0.15) is 0 Å². The van der Waals surface area contributed by atoms with Gasteiger partial charge in [0.05, 0.1) is 18.5 Å². The largest absolute Gasteiger partial charge is 0.395 e. The molecule has 0 unspecified atom stereocenters. The Labute approximate surface area is 162 Å². The van der Waals surface area contributed by atoms with Crippen LogP contribution in [0.5, 0.6) is 0 Å². The number of aryl methyl sites for hydroxylation is 1. The summed E-state index contributed by atoms with van der Waals surface area (Å²) in [5.74, 6) is 0.781. The lowest BCUT2D eigenvalue weighted by molar-refractivity contribution is -0.121. The fraction of sp³-hybridized carbons (Fsp3) is 0.455. The number of carbonyl (C=O) groups excluding carboxylic acids is 1. The number of aliphatic hydroxyl groups is 1. The van der Waals surface area contributed by atoms with Crippen LogP contribution in [-0.2, 0) is 4.79 Å². The molecule has 0 fully saturated rings. The van der Waals surface area contributed by atoms with E-state index >= 15 is 0 Å². The highest BCUT2D eigenvalue weighted by atomic mass is 16.3. The molecular weight excluding hydrogens is 338 g/mol. The van der Waals surface area contributed by atoms with Crippen molar-refractivity contribution >= 4 is 17.4 Å². The van der Waals surface area contributed by atoms with Crippen LogP contribution in [0, 0.1) is 12.8 Å². The summed E-state index contributed by atoms with van der Waals surface area (Å²) in [6, 6.07) is 10.2. The standard InChI is InChI=1S/C22H31N3O2/c1-6-11-25(12-13-26)21-14-19(18-10-8-7-9-17(18)4)20(15-23-21)24(5)22(27)16(2)3/h7-10,14-16,26H,6,11-13H2,1-5H3. The third-order valence-corrected chi connectivity index (χ3v) is 4.68. The summed E-state index contributed by atoms with van der Waals surface area (Å²) in [6.07, 6.45) is 2.74. The molecule has 1 aromatic carbocycles. The van der Waals surface area contributed by atoms with Crippen LogP contribution in [0.25, 0.3) is 11.1 Å². The number of carbonyl (C=O) groups is 1. The number of aliphatic hydroxyl groups excluding tert-OH is 1. The van der Waals surface area contributed by atoms with Crippen molar-refractivity contribution in [3.05, 3.63) is 42.1 Å². The predicted octanol–water partition coefficient (Wildman–Crippen LogP) is 3.88. The summed E-state index contributed by atoms with van der Waals surface area (Å²) >= 11 is 0. The summed E-state index contributed by atoms with van der Waals surface area (Å²) in [6.45, 7) is 9.41. The van der Waals surface area contributed by atoms with Gasteiger partial charge in [-0.05, 0) is 30.5 Å². The van der Waals surface area contributed by atoms with Crippen molar-refractivity contribution in [3.63, 3.8) is 0 Å². The number of benzene rings is 1. The molecule has 0 aliphatic rings. The van der Waals surface area contributed by atoms with E-state index < -0.39 is 0 Å². The van der Waals surface area contributed by atoms with Gasteiger partial charge in [0.15, 0.2) is 0 Å². The van der Waals surface area contributed by atoms with Crippen LogP contribution in [0.1, 0.15) is 32.8 Å². The van der Waals surface area contributed by atoms with Gasteiger partial charge in [-0.3, -0.25) is 4.79 Å². The van der Waals surface area contributed by atoms with Gasteiger partial charge in [0.1, 0.15) is 5.82 Å². The first kappa shape index (κ1) is 20.9. The predicted molar refractivity (Wildman–Crippen MR) is 112 cm³/mol. The van der Waals surface area contributed by atoms with Crippen LogP contribution >= 0.6 is 0 Å². The van der Waals surface area contributed by atoms with Crippen molar-refractivity contribution < 1.29 is 9.90 Å². The van der Waals surface area contributed by atoms with E-state index in [-0.39, 0.29) is 18.4 Å². The highest BCUT2D eigenvalue weighted by Crippen LogP contribution is 2.35. The minimum absolute atomic E-state index is 0.0557. The van der Waals surface area contributed by atoms with E-state index in [1.54, 1.807) is 18.1 Å². The van der Waals surface area contributed by atoms with Crippen molar-refractivity contribution in [3.8, 4) is 11.1 Å². The highest BCUT2D eigenvalue weighted by molar-refractivity contribution is 5.98. The number of hydrogen-bond acceptors (Lipinski definition) is 4. The molecule has 0 atom stereocenters. The van der Waals surface area contributed by atoms with Gasteiger partial charge in [-0.15, -0.1) is 0 Å². The number of anilines is 2. The molecule has 146 valence electrons. The molecule has 5 heteroatoms. The van der Waals surface area contributed by atoms with E-state index in [2.05, 4.69) is 35.9 Å². The maximum atomic E-state index is 12.6. The van der Waals surface area contributed by atoms with E-state index in [4.69, 9.17) is 0 Å². The zero-order valence-corrected chi connectivity index (χ0v) is 17.1. The molecule has 1 amide bonds. The Balaban J connectivity index is 2.60. The van der Waals surface area contributed by atoms with Gasteiger partial charge < -0.3 is 14.9 Å². The van der Waals surface area contributed by atoms with E-state index in [9.17, 15) is 9.90 Å². The second kappa shape index (κ2) is 9.51. The Morgan fingerprint density at radius 3 is 2.48 bits per heavy atom. The average Bonchev–Trinajstić information content (AvgIpc) is 2.66. The fourth-order valence-corrected chi connectivity index (χ4v) is 3.21. The van der Waals surface area contributed by atoms with Crippen molar-refractivity contribution in [2.45, 2.75) is 34.1 Å². The molecular formula is C22H31N3O2. The zero-order valence-electron chi connectivity index (χ0n) is 17.1. The second-order valence-electron chi connectivity index (χ2n) is 7.14. The van der Waals surface area contributed by atoms with Crippen LogP contribution in [0.15, 0.2) is 36.5 Å². The van der Waals surface area contributed by atoms with Crippen LogP contribution in [-0.4, -0.2) is 42.7 Å². The Morgan fingerprint density at radius 1 is 1.19 bits per heavy atom. The maximum absolute atomic E-state index is 12.6. The molecule has 0 aliphatic carbocycles. The van der Waals surface area contributed by atoms with Crippen LogP contribution in [0.2, 0.25) is 0 Å². The average molecular weight is 370 g/mol. The van der Waals surface area contributed by atoms with Crippen molar-refractivity contribution in [2.75, 3.05) is 36.5 Å². The van der Waals surface area contributed by atoms with Gasteiger partial charge in [-0.1, -0.05) is 45.0 Å². The number of pyridine rings is 1. The second-order valence-corrected chi connectivity index (χ2v) is 7.14. The molecule has 0 spiro atoms. The first-order chi connectivity index (χ1) is 12.9. The minimum atomic E-state index is -0.0922. The molecule has 27 heavy (non-hydrogen) atoms. The quantitative estimate of drug-likeness (QED) is 0.767. The lowest BCUT2D eigenvalue weighted by Crippen LogP contribution is -2.31. The van der Waals surface area contributed by atoms with E-state index in [0.717, 1.165) is 41.2 Å². The molecule has 1 aromatic heterocycles. The third-order valence-electron chi connectivity index (χ3n) is 4.68. The zero-order chi connectivity index (χ0) is 20.0. The number of aromatic nitrogens is 1. The van der Waals surface area contributed by atoms with Crippen LogP contribution in [0.3, 0.4) is 0 Å². The minimum Gasteiger partial charge on any atom is -0.395 e. The Hall–Kier alpha value is -2.40. The Kier molecular flexibility index (Phi) is 7.36. The SMILES string of the molecule is CCCN(CCO)c1cc(-c2ccccc2C)c(N(C)C(=O)C(C)C)cn1. The smallest absolute Gasteiger partial charge is 0.229 e. The molecule has 0 saturated heterocycles. The van der Waals surface area contributed by atoms with E-state index in [1.165, 1.54) is 0 Å². The summed E-state index contributed by atoms with van der Waals surface area (Å²) in [5, 5.41) is 9.41. The first-order valence-electron chi connectivity index (χ1n) is 9.60. The summed E-state index contributed by atoms with van der Waals surface area (Å²) in [7, 11) is 1.80. The molecule has 0 saturated carbocycles. The molecule has 0 radical (unpaired) electrons. The topological polar surface area (TPSA) is 56.7 Å². The Bertz CT molecular complexity index is 768. The lowest BCUT2D eigenvalue weighted by atomic mass is 9.99. The number of nitrogens with zero attached hydrogens (tertiary/aromatic N) is 3. The maximum Gasteiger partial charge on any atom is 0.229 e. The van der Waals surface area contributed by atoms with Crippen molar-refractivity contribution in [2.24, 2.45) is 5.92 Å². The molecule has 2 aromatic rings. The van der Waals surface area contributed by atoms with E-state index in [0.29, 0.717) is 6.54 Å². The van der Waals surface area contributed by atoms with Gasteiger partial charge in [0.25, 0.3) is 0 Å². The van der Waals surface area contributed by atoms with Gasteiger partial charge >= 0.3 is 0 Å². The number of rotatable bonds is 8. The monoisotopic (exact) mass is 369 g/mol. The summed E-state index contributed by atoms with van der Waals surface area (Å²) in [5.41, 5.74) is 4.01. The fourth-order valence-electron chi connectivity index (χ4n) is 3.21. The highest BCUT2D eigenvalue weighted by Gasteiger charge is 2.21. The third kappa shape index (κ3) is 4.86. The number of hydrogen-bond donors (Lipinski definition) is 1. The normalized spacial score (nSPS) is 10.9. The van der Waals surface area contributed by atoms with Crippen molar-refractivity contribution in [1.82, 2.24) is 4.98 Å². The molecule has 2 rings (SSSR count). The Morgan fingerprint density at radius 2 is 1.89 bits per heavy atom. The van der Waals surface area contributed by atoms with Crippen molar-refractivity contribution in [1.29, 1.82) is 0 Å². The molecule has 1 N–H and O–H groups in total.